The summed E-state index contributed by atoms with van der Waals surface area (Å²) in [6.07, 6.45) is 2.54. The summed E-state index contributed by atoms with van der Waals surface area (Å²) < 4.78 is 0. The molecular formula is C17H30N2. The van der Waals surface area contributed by atoms with Crippen molar-refractivity contribution in [3.8, 4) is 0 Å². The summed E-state index contributed by atoms with van der Waals surface area (Å²) in [4.78, 5) is 2.52. The molecule has 0 aliphatic heterocycles. The molecule has 0 bridgehead atoms. The summed E-state index contributed by atoms with van der Waals surface area (Å²) in [5.74, 6) is 0.802. The van der Waals surface area contributed by atoms with E-state index in [4.69, 9.17) is 0 Å². The Hall–Kier alpha value is -1.02. The van der Waals surface area contributed by atoms with Crippen LogP contribution in [0.4, 0.5) is 5.69 Å². The van der Waals surface area contributed by atoms with Crippen LogP contribution in [0.3, 0.4) is 0 Å². The van der Waals surface area contributed by atoms with Gasteiger partial charge in [-0.05, 0) is 44.0 Å². The van der Waals surface area contributed by atoms with Gasteiger partial charge in [-0.25, -0.2) is 0 Å². The summed E-state index contributed by atoms with van der Waals surface area (Å²) in [6, 6.07) is 6.84. The van der Waals surface area contributed by atoms with Crippen molar-refractivity contribution in [2.24, 2.45) is 5.92 Å². The monoisotopic (exact) mass is 262 g/mol. The topological polar surface area (TPSA) is 15.3 Å². The molecule has 0 saturated carbocycles. The van der Waals surface area contributed by atoms with Gasteiger partial charge in [-0.3, -0.25) is 0 Å². The Bertz CT molecular complexity index is 370. The first-order valence-electron chi connectivity index (χ1n) is 7.65. The van der Waals surface area contributed by atoms with Crippen molar-refractivity contribution in [2.45, 2.75) is 47.1 Å². The highest BCUT2D eigenvalue weighted by molar-refractivity contribution is 5.54. The smallest absolute Gasteiger partial charge is 0.0396 e. The van der Waals surface area contributed by atoms with Gasteiger partial charge in [0.1, 0.15) is 0 Å². The molecule has 0 heterocycles. The molecule has 0 saturated heterocycles. The van der Waals surface area contributed by atoms with E-state index >= 15 is 0 Å². The van der Waals surface area contributed by atoms with Crippen LogP contribution in [0.15, 0.2) is 18.2 Å². The predicted molar refractivity (Wildman–Crippen MR) is 85.9 cm³/mol. The Morgan fingerprint density at radius 3 is 2.32 bits per heavy atom. The summed E-state index contributed by atoms with van der Waals surface area (Å²) in [5.41, 5.74) is 4.15. The lowest BCUT2D eigenvalue weighted by molar-refractivity contribution is 0.486. The zero-order valence-corrected chi connectivity index (χ0v) is 13.3. The fourth-order valence-electron chi connectivity index (χ4n) is 2.64. The van der Waals surface area contributed by atoms with Gasteiger partial charge in [0.15, 0.2) is 0 Å². The maximum Gasteiger partial charge on any atom is 0.0396 e. The number of benzene rings is 1. The molecule has 0 aliphatic rings. The van der Waals surface area contributed by atoms with Crippen LogP contribution in [0.25, 0.3) is 0 Å². The van der Waals surface area contributed by atoms with E-state index in [0.29, 0.717) is 0 Å². The fourth-order valence-corrected chi connectivity index (χ4v) is 2.64. The molecule has 1 N–H and O–H groups in total. The minimum Gasteiger partial charge on any atom is -0.371 e. The van der Waals surface area contributed by atoms with Gasteiger partial charge in [0, 0.05) is 25.3 Å². The van der Waals surface area contributed by atoms with Gasteiger partial charge in [0.05, 0.1) is 0 Å². The van der Waals surface area contributed by atoms with E-state index in [1.807, 2.05) is 7.05 Å². The van der Waals surface area contributed by atoms with Crippen LogP contribution in [-0.2, 0) is 6.54 Å². The Morgan fingerprint density at radius 1 is 1.16 bits per heavy atom. The molecule has 1 rings (SSSR count). The normalized spacial score (nSPS) is 11.1. The van der Waals surface area contributed by atoms with E-state index < -0.39 is 0 Å². The van der Waals surface area contributed by atoms with E-state index in [2.05, 4.69) is 56.1 Å². The Morgan fingerprint density at radius 2 is 1.84 bits per heavy atom. The van der Waals surface area contributed by atoms with Crippen LogP contribution in [-0.4, -0.2) is 20.1 Å². The third-order valence-electron chi connectivity index (χ3n) is 4.00. The SMILES string of the molecule is CCC(CC)CN(CC)c1ccc(CNC)cc1C. The second-order valence-electron chi connectivity index (χ2n) is 5.37. The molecule has 2 heteroatoms. The Balaban J connectivity index is 2.86. The van der Waals surface area contributed by atoms with Gasteiger partial charge >= 0.3 is 0 Å². The molecule has 0 atom stereocenters. The van der Waals surface area contributed by atoms with Crippen molar-refractivity contribution in [1.29, 1.82) is 0 Å². The van der Waals surface area contributed by atoms with Gasteiger partial charge in [-0.15, -0.1) is 0 Å². The predicted octanol–water partition coefficient (Wildman–Crippen LogP) is 3.98. The van der Waals surface area contributed by atoms with Gasteiger partial charge < -0.3 is 10.2 Å². The zero-order chi connectivity index (χ0) is 14.3. The lowest BCUT2D eigenvalue weighted by Crippen LogP contribution is -2.29. The van der Waals surface area contributed by atoms with Crippen LogP contribution >= 0.6 is 0 Å². The molecular weight excluding hydrogens is 232 g/mol. The highest BCUT2D eigenvalue weighted by Crippen LogP contribution is 2.23. The van der Waals surface area contributed by atoms with E-state index in [-0.39, 0.29) is 0 Å². The van der Waals surface area contributed by atoms with Crippen molar-refractivity contribution in [1.82, 2.24) is 5.32 Å². The number of hydrogen-bond acceptors (Lipinski definition) is 2. The maximum atomic E-state index is 3.21. The van der Waals surface area contributed by atoms with E-state index in [1.165, 1.54) is 36.2 Å². The Kier molecular flexibility index (Phi) is 6.93. The highest BCUT2D eigenvalue weighted by Gasteiger charge is 2.12. The van der Waals surface area contributed by atoms with Gasteiger partial charge in [0.2, 0.25) is 0 Å². The van der Waals surface area contributed by atoms with E-state index in [0.717, 1.165) is 19.0 Å². The van der Waals surface area contributed by atoms with Crippen molar-refractivity contribution in [2.75, 3.05) is 25.0 Å². The molecule has 0 spiro atoms. The maximum absolute atomic E-state index is 3.21. The van der Waals surface area contributed by atoms with Crippen molar-refractivity contribution in [3.05, 3.63) is 29.3 Å². The zero-order valence-electron chi connectivity index (χ0n) is 13.3. The second kappa shape index (κ2) is 8.21. The molecule has 0 unspecified atom stereocenters. The molecule has 0 aromatic heterocycles. The van der Waals surface area contributed by atoms with Crippen LogP contribution in [0.5, 0.6) is 0 Å². The van der Waals surface area contributed by atoms with Gasteiger partial charge in [0.25, 0.3) is 0 Å². The standard InChI is InChI=1S/C17H30N2/c1-6-15(7-2)13-19(8-3)17-10-9-16(12-18-5)11-14(17)4/h9-11,15,18H,6-8,12-13H2,1-5H3. The molecule has 1 aromatic carbocycles. The van der Waals surface area contributed by atoms with E-state index in [9.17, 15) is 0 Å². The molecule has 108 valence electrons. The number of aryl methyl sites for hydroxylation is 1. The third-order valence-corrected chi connectivity index (χ3v) is 4.00. The lowest BCUT2D eigenvalue weighted by atomic mass is 10.0. The molecule has 1 aromatic rings. The number of nitrogens with one attached hydrogen (secondary N) is 1. The quantitative estimate of drug-likeness (QED) is 0.762. The molecule has 0 amide bonds. The molecule has 0 radical (unpaired) electrons. The van der Waals surface area contributed by atoms with Crippen molar-refractivity contribution in [3.63, 3.8) is 0 Å². The minimum atomic E-state index is 0.802. The van der Waals surface area contributed by atoms with E-state index in [1.54, 1.807) is 0 Å². The first kappa shape index (κ1) is 16.0. The van der Waals surface area contributed by atoms with Gasteiger partial charge in [-0.2, -0.15) is 0 Å². The molecule has 2 nitrogen and oxygen atoms in total. The summed E-state index contributed by atoms with van der Waals surface area (Å²) in [5, 5.41) is 3.21. The molecule has 19 heavy (non-hydrogen) atoms. The highest BCUT2D eigenvalue weighted by atomic mass is 15.1. The van der Waals surface area contributed by atoms with Crippen molar-refractivity contribution < 1.29 is 0 Å². The lowest BCUT2D eigenvalue weighted by Gasteiger charge is -2.29. The average molecular weight is 262 g/mol. The minimum absolute atomic E-state index is 0.802. The number of rotatable bonds is 8. The van der Waals surface area contributed by atoms with Gasteiger partial charge in [-0.1, -0.05) is 38.8 Å². The Labute approximate surface area is 119 Å². The number of nitrogens with zero attached hydrogens (tertiary/aromatic N) is 1. The van der Waals surface area contributed by atoms with Crippen LogP contribution in [0.1, 0.15) is 44.7 Å². The van der Waals surface area contributed by atoms with Crippen LogP contribution in [0, 0.1) is 12.8 Å². The average Bonchev–Trinajstić information content (AvgIpc) is 2.42. The first-order chi connectivity index (χ1) is 9.15. The van der Waals surface area contributed by atoms with Crippen LogP contribution < -0.4 is 10.2 Å². The number of hydrogen-bond donors (Lipinski definition) is 1. The first-order valence-corrected chi connectivity index (χ1v) is 7.65. The molecule has 0 fully saturated rings. The summed E-state index contributed by atoms with van der Waals surface area (Å²) in [7, 11) is 1.99. The van der Waals surface area contributed by atoms with Crippen LogP contribution in [0.2, 0.25) is 0 Å². The third kappa shape index (κ3) is 4.54. The summed E-state index contributed by atoms with van der Waals surface area (Å²) >= 11 is 0. The van der Waals surface area contributed by atoms with Crippen molar-refractivity contribution >= 4 is 5.69 Å². The second-order valence-corrected chi connectivity index (χ2v) is 5.37. The largest absolute Gasteiger partial charge is 0.371 e. The summed E-state index contributed by atoms with van der Waals surface area (Å²) in [6.45, 7) is 12.3. The molecule has 0 aliphatic carbocycles. The fraction of sp³-hybridized carbons (Fsp3) is 0.647. The number of anilines is 1.